The molecule has 1 aliphatic rings. The molecule has 0 bridgehead atoms. The van der Waals surface area contributed by atoms with Gasteiger partial charge in [0.2, 0.25) is 0 Å². The Morgan fingerprint density at radius 1 is 1.23 bits per heavy atom. The molecule has 1 saturated heterocycles. The molecule has 0 amide bonds. The van der Waals surface area contributed by atoms with Crippen LogP contribution in [0.1, 0.15) is 41.0 Å². The van der Waals surface area contributed by atoms with Crippen molar-refractivity contribution in [2.24, 2.45) is 5.92 Å². The van der Waals surface area contributed by atoms with E-state index in [1.54, 1.807) is 0 Å². The number of hydrogen-bond acceptors (Lipinski definition) is 1. The summed E-state index contributed by atoms with van der Waals surface area (Å²) in [6.45, 7) is 15.3. The average Bonchev–Trinajstić information content (AvgIpc) is 2.51. The Kier molecular flexibility index (Phi) is 11.4. The first kappa shape index (κ1) is 15.2. The van der Waals surface area contributed by atoms with Crippen LogP contribution < -0.4 is 0 Å². The minimum Gasteiger partial charge on any atom is -0.300 e. The quantitative estimate of drug-likeness (QED) is 0.565. The Morgan fingerprint density at radius 2 is 1.69 bits per heavy atom. The van der Waals surface area contributed by atoms with Crippen LogP contribution in [0.4, 0.5) is 0 Å². The maximum atomic E-state index is 3.79. The zero-order chi connectivity index (χ0) is 10.9. The molecular weight excluding hydrogens is 158 g/mol. The van der Waals surface area contributed by atoms with E-state index in [-0.39, 0.29) is 0 Å². The Balaban J connectivity index is 0. The predicted molar refractivity (Wildman–Crippen MR) is 63.1 cm³/mol. The van der Waals surface area contributed by atoms with E-state index in [0.29, 0.717) is 6.04 Å². The second-order valence-corrected chi connectivity index (χ2v) is 3.08. The molecule has 0 aliphatic carbocycles. The highest BCUT2D eigenvalue weighted by Crippen LogP contribution is 2.20. The summed E-state index contributed by atoms with van der Waals surface area (Å²) in [5, 5.41) is 0. The van der Waals surface area contributed by atoms with Crippen molar-refractivity contribution in [1.29, 1.82) is 0 Å². The molecule has 0 aromatic carbocycles. The summed E-state index contributed by atoms with van der Waals surface area (Å²) in [4.78, 5) is 2.36. The second-order valence-electron chi connectivity index (χ2n) is 3.08. The van der Waals surface area contributed by atoms with Crippen LogP contribution in [0, 0.1) is 5.92 Å². The Labute approximate surface area is 84.8 Å². The first-order valence-electron chi connectivity index (χ1n) is 5.57. The molecule has 0 radical (unpaired) electrons. The van der Waals surface area contributed by atoms with E-state index in [0.717, 1.165) is 5.92 Å². The lowest BCUT2D eigenvalue weighted by Gasteiger charge is -2.13. The normalized spacial score (nSPS) is 26.6. The largest absolute Gasteiger partial charge is 0.300 e. The molecule has 0 aromatic heterocycles. The van der Waals surface area contributed by atoms with Gasteiger partial charge in [-0.05, 0) is 19.4 Å². The SMILES string of the molecule is C=CC1CC(C)CN1C.CC.CC. The smallest absolute Gasteiger partial charge is 0.0275 e. The van der Waals surface area contributed by atoms with E-state index in [9.17, 15) is 0 Å². The number of rotatable bonds is 1. The van der Waals surface area contributed by atoms with Crippen molar-refractivity contribution in [3.63, 3.8) is 0 Å². The summed E-state index contributed by atoms with van der Waals surface area (Å²) in [5.41, 5.74) is 0. The molecule has 1 rings (SSSR count). The van der Waals surface area contributed by atoms with Crippen LogP contribution in [-0.2, 0) is 0 Å². The fourth-order valence-electron chi connectivity index (χ4n) is 1.57. The second kappa shape index (κ2) is 9.79. The van der Waals surface area contributed by atoms with Gasteiger partial charge >= 0.3 is 0 Å². The van der Waals surface area contributed by atoms with Crippen molar-refractivity contribution in [2.45, 2.75) is 47.1 Å². The maximum absolute atomic E-state index is 3.79. The van der Waals surface area contributed by atoms with E-state index in [1.165, 1.54) is 13.0 Å². The molecule has 1 aliphatic heterocycles. The highest BCUT2D eigenvalue weighted by Gasteiger charge is 2.23. The van der Waals surface area contributed by atoms with Crippen molar-refractivity contribution < 1.29 is 0 Å². The molecule has 1 heteroatoms. The number of nitrogens with zero attached hydrogens (tertiary/aromatic N) is 1. The summed E-state index contributed by atoms with van der Waals surface area (Å²) >= 11 is 0. The topological polar surface area (TPSA) is 3.24 Å². The average molecular weight is 185 g/mol. The molecule has 13 heavy (non-hydrogen) atoms. The van der Waals surface area contributed by atoms with Crippen LogP contribution in [0.5, 0.6) is 0 Å². The summed E-state index contributed by atoms with van der Waals surface area (Å²) in [6.07, 6.45) is 3.34. The summed E-state index contributed by atoms with van der Waals surface area (Å²) in [5.74, 6) is 0.859. The molecule has 1 heterocycles. The van der Waals surface area contributed by atoms with E-state index in [1.807, 2.05) is 33.8 Å². The van der Waals surface area contributed by atoms with Gasteiger partial charge in [-0.2, -0.15) is 0 Å². The lowest BCUT2D eigenvalue weighted by Crippen LogP contribution is -2.22. The van der Waals surface area contributed by atoms with Crippen LogP contribution in [0.25, 0.3) is 0 Å². The third-order valence-electron chi connectivity index (χ3n) is 2.08. The van der Waals surface area contributed by atoms with Crippen molar-refractivity contribution in [3.8, 4) is 0 Å². The molecule has 0 saturated carbocycles. The minimum absolute atomic E-state index is 0.639. The maximum Gasteiger partial charge on any atom is 0.0275 e. The van der Waals surface area contributed by atoms with Gasteiger partial charge in [0.1, 0.15) is 0 Å². The van der Waals surface area contributed by atoms with Gasteiger partial charge < -0.3 is 0 Å². The summed E-state index contributed by atoms with van der Waals surface area (Å²) < 4.78 is 0. The van der Waals surface area contributed by atoms with Gasteiger partial charge in [0.15, 0.2) is 0 Å². The van der Waals surface area contributed by atoms with Gasteiger partial charge in [0, 0.05) is 12.6 Å². The van der Waals surface area contributed by atoms with E-state index < -0.39 is 0 Å². The molecule has 1 fully saturated rings. The molecule has 2 atom stereocenters. The fourth-order valence-corrected chi connectivity index (χ4v) is 1.57. The number of likely N-dealkylation sites (N-methyl/N-ethyl adjacent to an activating group) is 1. The van der Waals surface area contributed by atoms with Crippen molar-refractivity contribution in [3.05, 3.63) is 12.7 Å². The van der Waals surface area contributed by atoms with Crippen molar-refractivity contribution in [2.75, 3.05) is 13.6 Å². The summed E-state index contributed by atoms with van der Waals surface area (Å²) in [7, 11) is 2.16. The van der Waals surface area contributed by atoms with Crippen molar-refractivity contribution in [1.82, 2.24) is 4.90 Å². The zero-order valence-electron chi connectivity index (χ0n) is 10.3. The first-order chi connectivity index (χ1) is 6.24. The van der Waals surface area contributed by atoms with Gasteiger partial charge in [-0.15, -0.1) is 6.58 Å². The third-order valence-corrected chi connectivity index (χ3v) is 2.08. The lowest BCUT2D eigenvalue weighted by atomic mass is 10.1. The van der Waals surface area contributed by atoms with E-state index in [4.69, 9.17) is 0 Å². The van der Waals surface area contributed by atoms with Crippen molar-refractivity contribution >= 4 is 0 Å². The highest BCUT2D eigenvalue weighted by atomic mass is 15.1. The van der Waals surface area contributed by atoms with Gasteiger partial charge in [0.05, 0.1) is 0 Å². The number of hydrogen-bond donors (Lipinski definition) is 0. The number of likely N-dealkylation sites (tertiary alicyclic amines) is 1. The molecule has 1 nitrogen and oxygen atoms in total. The van der Waals surface area contributed by atoms with Crippen LogP contribution in [0.2, 0.25) is 0 Å². The lowest BCUT2D eigenvalue weighted by molar-refractivity contribution is 0.351. The molecule has 0 spiro atoms. The van der Waals surface area contributed by atoms with Gasteiger partial charge in [-0.25, -0.2) is 0 Å². The van der Waals surface area contributed by atoms with Gasteiger partial charge in [-0.3, -0.25) is 4.90 Å². The van der Waals surface area contributed by atoms with Crippen LogP contribution in [0.3, 0.4) is 0 Å². The van der Waals surface area contributed by atoms with E-state index in [2.05, 4.69) is 25.5 Å². The molecule has 2 unspecified atom stereocenters. The Bertz CT molecular complexity index is 110. The highest BCUT2D eigenvalue weighted by molar-refractivity contribution is 4.92. The van der Waals surface area contributed by atoms with Crippen LogP contribution >= 0.6 is 0 Å². The van der Waals surface area contributed by atoms with Gasteiger partial charge in [0.25, 0.3) is 0 Å². The van der Waals surface area contributed by atoms with Gasteiger partial charge in [-0.1, -0.05) is 40.7 Å². The predicted octanol–water partition coefficient (Wildman–Crippen LogP) is 3.57. The van der Waals surface area contributed by atoms with E-state index >= 15 is 0 Å². The van der Waals surface area contributed by atoms with Crippen LogP contribution in [-0.4, -0.2) is 24.5 Å². The molecule has 80 valence electrons. The third kappa shape index (κ3) is 5.87. The fraction of sp³-hybridized carbons (Fsp3) is 0.833. The molecular formula is C12H27N. The molecule has 0 aromatic rings. The summed E-state index contributed by atoms with van der Waals surface area (Å²) in [6, 6.07) is 0.639. The zero-order valence-corrected chi connectivity index (χ0v) is 10.3. The monoisotopic (exact) mass is 185 g/mol. The first-order valence-corrected chi connectivity index (χ1v) is 5.57. The Morgan fingerprint density at radius 3 is 1.85 bits per heavy atom. The molecule has 0 N–H and O–H groups in total. The Hall–Kier alpha value is -0.300. The minimum atomic E-state index is 0.639. The standard InChI is InChI=1S/C8H15N.2C2H6/c1-4-8-5-7(2)6-9(8)3;2*1-2/h4,7-8H,1,5-6H2,2-3H3;2*1-2H3. The van der Waals surface area contributed by atoms with Crippen LogP contribution in [0.15, 0.2) is 12.7 Å².